The van der Waals surface area contributed by atoms with Crippen LogP contribution in [0.4, 0.5) is 0 Å². The fourth-order valence-corrected chi connectivity index (χ4v) is 12.5. The Morgan fingerprint density at radius 1 is 1.10 bits per heavy atom. The van der Waals surface area contributed by atoms with Crippen molar-refractivity contribution in [1.82, 2.24) is 9.78 Å². The van der Waals surface area contributed by atoms with Crippen LogP contribution in [0.3, 0.4) is 0 Å². The molecule has 1 aliphatic heterocycles. The van der Waals surface area contributed by atoms with Crippen molar-refractivity contribution in [2.24, 2.45) is 68.3 Å². The smallest absolute Gasteiger partial charge is 0.356 e. The number of carboxylic acids is 1. The number of aliphatic carboxylic acids is 1. The first-order chi connectivity index (χ1) is 23.7. The molecule has 1 saturated heterocycles. The van der Waals surface area contributed by atoms with Gasteiger partial charge in [0.25, 0.3) is 0 Å². The maximum atomic E-state index is 13.5. The molecule has 0 aromatic carbocycles. The van der Waals surface area contributed by atoms with Gasteiger partial charge in [0.1, 0.15) is 5.69 Å². The van der Waals surface area contributed by atoms with Crippen LogP contribution in [0, 0.1) is 62.6 Å². The van der Waals surface area contributed by atoms with Crippen LogP contribution in [-0.2, 0) is 19.0 Å². The predicted octanol–water partition coefficient (Wildman–Crippen LogP) is 7.95. The van der Waals surface area contributed by atoms with Crippen LogP contribution in [0.2, 0.25) is 0 Å². The first-order valence-corrected chi connectivity index (χ1v) is 19.9. The van der Waals surface area contributed by atoms with E-state index >= 15 is 0 Å². The average Bonchev–Trinajstić information content (AvgIpc) is 3.54. The van der Waals surface area contributed by atoms with E-state index in [1.165, 1.54) is 5.57 Å². The number of aromatic nitrogens is 2. The standard InChI is InChI=1S/C42H67N3O6/c1-12-50-36(48)30-16-20-44-45(30)31-21-42-24-49-22-38(8,34(31)51-23-41(11,43)26(4)5)32(42)14-13-28-29(42)15-17-40(10)33(35(46)47)37(7,27(6)25(2)3)18-19-39(28,40)9/h15-16,20,25-28,31-34H,12-14,17-19,21-24,43H2,1-11H3,(H,46,47)/t27-,28+,31-,32+,33-,34+,37-,38-,39-,40+,41+,42+/m1/s1. The van der Waals surface area contributed by atoms with Gasteiger partial charge < -0.3 is 25.1 Å². The molecule has 9 heteroatoms. The Kier molecular flexibility index (Phi) is 9.79. The van der Waals surface area contributed by atoms with Crippen LogP contribution < -0.4 is 5.73 Å². The van der Waals surface area contributed by atoms with Gasteiger partial charge in [-0.1, -0.05) is 74.0 Å². The Morgan fingerprint density at radius 2 is 1.80 bits per heavy atom. The van der Waals surface area contributed by atoms with E-state index in [2.05, 4.69) is 75.3 Å². The highest BCUT2D eigenvalue weighted by Gasteiger charge is 2.72. The second-order valence-corrected chi connectivity index (χ2v) is 19.4. The van der Waals surface area contributed by atoms with Crippen molar-refractivity contribution < 1.29 is 28.9 Å². The van der Waals surface area contributed by atoms with Crippen LogP contribution in [0.5, 0.6) is 0 Å². The molecule has 4 aliphatic carbocycles. The van der Waals surface area contributed by atoms with Crippen molar-refractivity contribution in [2.75, 3.05) is 26.4 Å². The molecule has 0 unspecified atom stereocenters. The zero-order chi connectivity index (χ0) is 37.5. The summed E-state index contributed by atoms with van der Waals surface area (Å²) in [5, 5.41) is 15.9. The molecule has 3 N–H and O–H groups in total. The number of ether oxygens (including phenoxy) is 3. The third kappa shape index (κ3) is 5.51. The highest BCUT2D eigenvalue weighted by atomic mass is 16.5. The van der Waals surface area contributed by atoms with Gasteiger partial charge in [0.05, 0.1) is 44.5 Å². The number of hydrogen-bond donors (Lipinski definition) is 2. The highest BCUT2D eigenvalue weighted by molar-refractivity contribution is 5.87. The first kappa shape index (κ1) is 38.5. The van der Waals surface area contributed by atoms with Crippen LogP contribution in [0.25, 0.3) is 0 Å². The molecule has 286 valence electrons. The summed E-state index contributed by atoms with van der Waals surface area (Å²) in [5.74, 6) is -0.0292. The van der Waals surface area contributed by atoms with Gasteiger partial charge in [0.2, 0.25) is 0 Å². The lowest BCUT2D eigenvalue weighted by atomic mass is 9.34. The summed E-state index contributed by atoms with van der Waals surface area (Å²) >= 11 is 0. The van der Waals surface area contributed by atoms with Gasteiger partial charge in [-0.3, -0.25) is 9.48 Å². The number of hydrogen-bond acceptors (Lipinski definition) is 7. The van der Waals surface area contributed by atoms with Gasteiger partial charge >= 0.3 is 11.9 Å². The number of carboxylic acid groups (broad SMARTS) is 1. The summed E-state index contributed by atoms with van der Waals surface area (Å²) < 4.78 is 21.2. The topological polar surface area (TPSA) is 126 Å². The van der Waals surface area contributed by atoms with E-state index in [0.717, 1.165) is 32.1 Å². The van der Waals surface area contributed by atoms with Crippen LogP contribution in [-0.4, -0.2) is 64.9 Å². The van der Waals surface area contributed by atoms with Gasteiger partial charge in [-0.15, -0.1) is 0 Å². The van der Waals surface area contributed by atoms with Gasteiger partial charge in [-0.05, 0) is 104 Å². The molecule has 5 aliphatic rings. The summed E-state index contributed by atoms with van der Waals surface area (Å²) in [5.41, 5.74) is 6.63. The molecular formula is C42H67N3O6. The molecule has 0 spiro atoms. The van der Waals surface area contributed by atoms with E-state index in [4.69, 9.17) is 25.0 Å². The minimum Gasteiger partial charge on any atom is -0.481 e. The molecule has 12 atom stereocenters. The number of fused-ring (bicyclic) bond motifs is 3. The Bertz CT molecular complexity index is 1530. The third-order valence-electron chi connectivity index (χ3n) is 16.5. The Morgan fingerprint density at radius 3 is 2.43 bits per heavy atom. The van der Waals surface area contributed by atoms with Crippen LogP contribution in [0.1, 0.15) is 131 Å². The summed E-state index contributed by atoms with van der Waals surface area (Å²) in [6.45, 7) is 26.0. The zero-order valence-electron chi connectivity index (χ0n) is 33.4. The largest absolute Gasteiger partial charge is 0.481 e. The lowest BCUT2D eigenvalue weighted by molar-refractivity contribution is -0.252. The molecule has 0 amide bonds. The lowest BCUT2D eigenvalue weighted by Gasteiger charge is -2.71. The minimum atomic E-state index is -0.646. The van der Waals surface area contributed by atoms with Crippen molar-refractivity contribution in [3.05, 3.63) is 29.6 Å². The first-order valence-electron chi connectivity index (χ1n) is 19.9. The third-order valence-corrected chi connectivity index (χ3v) is 16.5. The quantitative estimate of drug-likeness (QED) is 0.185. The molecule has 3 saturated carbocycles. The summed E-state index contributed by atoms with van der Waals surface area (Å²) in [6, 6.07) is 1.51. The van der Waals surface area contributed by atoms with E-state index in [1.54, 1.807) is 12.3 Å². The second-order valence-electron chi connectivity index (χ2n) is 19.4. The van der Waals surface area contributed by atoms with E-state index in [0.29, 0.717) is 43.8 Å². The van der Waals surface area contributed by atoms with Crippen LogP contribution in [0.15, 0.2) is 23.9 Å². The fraction of sp³-hybridized carbons (Fsp3) is 0.833. The molecule has 6 rings (SSSR count). The molecule has 2 bridgehead atoms. The number of nitrogens with zero attached hydrogens (tertiary/aromatic N) is 2. The van der Waals surface area contributed by atoms with E-state index < -0.39 is 22.8 Å². The number of carbonyl (C=O) groups is 2. The summed E-state index contributed by atoms with van der Waals surface area (Å²) in [4.78, 5) is 26.9. The summed E-state index contributed by atoms with van der Waals surface area (Å²) in [7, 11) is 0. The highest BCUT2D eigenvalue weighted by Crippen LogP contribution is 2.75. The number of rotatable bonds is 10. The normalized spacial score (nSPS) is 42.2. The molecule has 4 fully saturated rings. The van der Waals surface area contributed by atoms with E-state index in [-0.39, 0.29) is 64.1 Å². The Hall–Kier alpha value is -2.23. The molecular weight excluding hydrogens is 642 g/mol. The molecule has 9 nitrogen and oxygen atoms in total. The second kappa shape index (κ2) is 13.0. The van der Waals surface area contributed by atoms with Gasteiger partial charge in [0.15, 0.2) is 0 Å². The minimum absolute atomic E-state index is 0.187. The Labute approximate surface area is 306 Å². The predicted molar refractivity (Wildman–Crippen MR) is 198 cm³/mol. The van der Waals surface area contributed by atoms with Crippen molar-refractivity contribution in [3.8, 4) is 0 Å². The molecule has 2 heterocycles. The van der Waals surface area contributed by atoms with Crippen molar-refractivity contribution in [1.29, 1.82) is 0 Å². The van der Waals surface area contributed by atoms with Crippen molar-refractivity contribution >= 4 is 11.9 Å². The van der Waals surface area contributed by atoms with Gasteiger partial charge in [-0.2, -0.15) is 5.10 Å². The van der Waals surface area contributed by atoms with E-state index in [1.807, 2.05) is 11.6 Å². The molecule has 1 aromatic heterocycles. The SMILES string of the molecule is CCOC(=O)c1ccnn1[C@@H]1C[C@@]23COC[C@](C)([C@@H]2CC[C@H]2C3=CC[C@@]3(C)[C@H](C(=O)O)[C@@](C)([C@H](C)C(C)C)CC[C@]23C)[C@H]1OC[C@](C)(N)C(C)C. The zero-order valence-corrected chi connectivity index (χ0v) is 33.4. The molecule has 51 heavy (non-hydrogen) atoms. The maximum Gasteiger partial charge on any atom is 0.356 e. The van der Waals surface area contributed by atoms with Crippen molar-refractivity contribution in [3.63, 3.8) is 0 Å². The fourth-order valence-electron chi connectivity index (χ4n) is 12.5. The van der Waals surface area contributed by atoms with Gasteiger partial charge in [-0.25, -0.2) is 4.79 Å². The maximum absolute atomic E-state index is 13.5. The number of esters is 1. The van der Waals surface area contributed by atoms with Crippen molar-refractivity contribution in [2.45, 2.75) is 132 Å². The average molecular weight is 710 g/mol. The molecule has 1 aromatic rings. The molecule has 0 radical (unpaired) electrons. The number of allylic oxidation sites excluding steroid dienone is 1. The van der Waals surface area contributed by atoms with Crippen LogP contribution >= 0.6 is 0 Å². The lowest BCUT2D eigenvalue weighted by Crippen LogP contribution is -2.69. The Balaban J connectivity index is 1.47. The monoisotopic (exact) mass is 710 g/mol. The van der Waals surface area contributed by atoms with E-state index in [9.17, 15) is 14.7 Å². The van der Waals surface area contributed by atoms with Gasteiger partial charge in [0, 0.05) is 22.6 Å². The summed E-state index contributed by atoms with van der Waals surface area (Å²) in [6.07, 6.45) is 9.28. The number of carbonyl (C=O) groups excluding carboxylic acids is 1. The number of nitrogens with two attached hydrogens (primary N) is 1.